The Labute approximate surface area is 106 Å². The summed E-state index contributed by atoms with van der Waals surface area (Å²) in [5, 5.41) is 3.96. The molecule has 4 heteroatoms. The van der Waals surface area contributed by atoms with Crippen LogP contribution in [0.3, 0.4) is 0 Å². The summed E-state index contributed by atoms with van der Waals surface area (Å²) < 4.78 is 0. The van der Waals surface area contributed by atoms with Gasteiger partial charge in [0.15, 0.2) is 0 Å². The number of thioether (sulfide) groups is 1. The minimum atomic E-state index is 0.201. The van der Waals surface area contributed by atoms with Gasteiger partial charge < -0.3 is 10.2 Å². The van der Waals surface area contributed by atoms with Gasteiger partial charge in [0.05, 0.1) is 6.42 Å². The molecule has 1 aromatic carbocycles. The molecule has 1 fully saturated rings. The molecule has 1 N–H and O–H groups in total. The SMILES string of the molecule is CN1C(=O)Cc2cc(C3CNCCS3)ccc21. The number of nitrogens with one attached hydrogen (secondary N) is 1. The first-order chi connectivity index (χ1) is 8.25. The highest BCUT2D eigenvalue weighted by Gasteiger charge is 2.25. The number of likely N-dealkylation sites (N-methyl/N-ethyl adjacent to an activating group) is 1. The van der Waals surface area contributed by atoms with Crippen molar-refractivity contribution in [3.05, 3.63) is 29.3 Å². The monoisotopic (exact) mass is 248 g/mol. The van der Waals surface area contributed by atoms with E-state index in [4.69, 9.17) is 0 Å². The predicted octanol–water partition coefficient (Wildman–Crippen LogP) is 1.58. The summed E-state index contributed by atoms with van der Waals surface area (Å²) in [4.78, 5) is 13.4. The highest BCUT2D eigenvalue weighted by Crippen LogP contribution is 2.35. The average molecular weight is 248 g/mol. The second-order valence-corrected chi connectivity index (χ2v) is 5.89. The fraction of sp³-hybridized carbons (Fsp3) is 0.462. The number of rotatable bonds is 1. The van der Waals surface area contributed by atoms with Gasteiger partial charge in [0, 0.05) is 36.8 Å². The molecule has 1 amide bonds. The van der Waals surface area contributed by atoms with Crippen molar-refractivity contribution in [1.29, 1.82) is 0 Å². The number of nitrogens with zero attached hydrogens (tertiary/aromatic N) is 1. The third-order valence-corrected chi connectivity index (χ3v) is 4.76. The molecule has 2 heterocycles. The van der Waals surface area contributed by atoms with Crippen LogP contribution in [0.15, 0.2) is 18.2 Å². The van der Waals surface area contributed by atoms with E-state index in [1.165, 1.54) is 16.9 Å². The molecule has 1 aromatic rings. The third kappa shape index (κ3) is 1.96. The largest absolute Gasteiger partial charge is 0.315 e. The van der Waals surface area contributed by atoms with E-state index in [1.807, 2.05) is 18.8 Å². The van der Waals surface area contributed by atoms with Crippen molar-refractivity contribution < 1.29 is 4.79 Å². The molecule has 0 saturated carbocycles. The van der Waals surface area contributed by atoms with Gasteiger partial charge >= 0.3 is 0 Å². The van der Waals surface area contributed by atoms with E-state index in [1.54, 1.807) is 4.90 Å². The van der Waals surface area contributed by atoms with Crippen molar-refractivity contribution in [2.45, 2.75) is 11.7 Å². The van der Waals surface area contributed by atoms with Gasteiger partial charge in [-0.2, -0.15) is 11.8 Å². The van der Waals surface area contributed by atoms with Crippen LogP contribution in [-0.2, 0) is 11.2 Å². The van der Waals surface area contributed by atoms with Gasteiger partial charge in [-0.1, -0.05) is 12.1 Å². The second kappa shape index (κ2) is 4.35. The number of hydrogen-bond donors (Lipinski definition) is 1. The van der Waals surface area contributed by atoms with Gasteiger partial charge in [-0.15, -0.1) is 0 Å². The summed E-state index contributed by atoms with van der Waals surface area (Å²) in [6.07, 6.45) is 0.560. The van der Waals surface area contributed by atoms with Crippen LogP contribution in [0.25, 0.3) is 0 Å². The molecule has 1 saturated heterocycles. The van der Waals surface area contributed by atoms with Crippen LogP contribution >= 0.6 is 11.8 Å². The lowest BCUT2D eigenvalue weighted by atomic mass is 10.1. The predicted molar refractivity (Wildman–Crippen MR) is 71.6 cm³/mol. The van der Waals surface area contributed by atoms with E-state index in [0.29, 0.717) is 11.7 Å². The smallest absolute Gasteiger partial charge is 0.231 e. The van der Waals surface area contributed by atoms with Crippen molar-refractivity contribution >= 4 is 23.4 Å². The first-order valence-electron chi connectivity index (χ1n) is 5.97. The summed E-state index contributed by atoms with van der Waals surface area (Å²) in [5.41, 5.74) is 3.61. The van der Waals surface area contributed by atoms with E-state index in [0.717, 1.165) is 18.8 Å². The van der Waals surface area contributed by atoms with E-state index >= 15 is 0 Å². The molecule has 3 nitrogen and oxygen atoms in total. The van der Waals surface area contributed by atoms with Crippen LogP contribution in [0.4, 0.5) is 5.69 Å². The standard InChI is InChI=1S/C13H16N2OS/c1-15-11-3-2-9(6-10(11)7-13(15)16)12-8-14-4-5-17-12/h2-3,6,12,14H,4-5,7-8H2,1H3. The number of fused-ring (bicyclic) bond motifs is 1. The van der Waals surface area contributed by atoms with Crippen molar-refractivity contribution in [2.75, 3.05) is 30.8 Å². The quantitative estimate of drug-likeness (QED) is 0.819. The fourth-order valence-electron chi connectivity index (χ4n) is 2.47. The summed E-state index contributed by atoms with van der Waals surface area (Å²) in [6, 6.07) is 6.46. The first kappa shape index (κ1) is 11.1. The zero-order valence-electron chi connectivity index (χ0n) is 9.90. The van der Waals surface area contributed by atoms with Crippen molar-refractivity contribution in [3.63, 3.8) is 0 Å². The molecule has 0 aromatic heterocycles. The van der Waals surface area contributed by atoms with Crippen LogP contribution < -0.4 is 10.2 Å². The Hall–Kier alpha value is -1.00. The Bertz CT molecular complexity index is 455. The number of carbonyl (C=O) groups excluding carboxylic acids is 1. The minimum absolute atomic E-state index is 0.201. The van der Waals surface area contributed by atoms with Gasteiger partial charge in [-0.25, -0.2) is 0 Å². The fourth-order valence-corrected chi connectivity index (χ4v) is 3.59. The maximum absolute atomic E-state index is 11.6. The Morgan fingerprint density at radius 3 is 3.12 bits per heavy atom. The molecule has 1 unspecified atom stereocenters. The second-order valence-electron chi connectivity index (χ2n) is 4.58. The molecule has 0 spiro atoms. The Morgan fingerprint density at radius 1 is 1.47 bits per heavy atom. The van der Waals surface area contributed by atoms with Crippen LogP contribution in [0.5, 0.6) is 0 Å². The van der Waals surface area contributed by atoms with Crippen molar-refractivity contribution in [3.8, 4) is 0 Å². The van der Waals surface area contributed by atoms with Crippen LogP contribution in [0.1, 0.15) is 16.4 Å². The molecule has 0 radical (unpaired) electrons. The molecule has 0 bridgehead atoms. The van der Waals surface area contributed by atoms with Gasteiger partial charge in [0.2, 0.25) is 5.91 Å². The molecule has 0 aliphatic carbocycles. The highest BCUT2D eigenvalue weighted by molar-refractivity contribution is 7.99. The van der Waals surface area contributed by atoms with Crippen LogP contribution in [0.2, 0.25) is 0 Å². The summed E-state index contributed by atoms with van der Waals surface area (Å²) >= 11 is 2.00. The van der Waals surface area contributed by atoms with Crippen LogP contribution in [0, 0.1) is 0 Å². The zero-order valence-corrected chi connectivity index (χ0v) is 10.7. The number of carbonyl (C=O) groups is 1. The van der Waals surface area contributed by atoms with E-state index in [-0.39, 0.29) is 5.91 Å². The lowest BCUT2D eigenvalue weighted by molar-refractivity contribution is -0.117. The van der Waals surface area contributed by atoms with Gasteiger partial charge in [0.25, 0.3) is 0 Å². The third-order valence-electron chi connectivity index (χ3n) is 3.48. The number of hydrogen-bond acceptors (Lipinski definition) is 3. The molecular weight excluding hydrogens is 232 g/mol. The zero-order chi connectivity index (χ0) is 11.8. The summed E-state index contributed by atoms with van der Waals surface area (Å²) in [6.45, 7) is 2.14. The molecule has 17 heavy (non-hydrogen) atoms. The normalized spacial score (nSPS) is 23.9. The van der Waals surface area contributed by atoms with E-state index < -0.39 is 0 Å². The Morgan fingerprint density at radius 2 is 2.35 bits per heavy atom. The molecule has 1 atom stereocenters. The van der Waals surface area contributed by atoms with Crippen LogP contribution in [-0.4, -0.2) is 31.8 Å². The Kier molecular flexibility index (Phi) is 2.84. The first-order valence-corrected chi connectivity index (χ1v) is 7.02. The number of anilines is 1. The van der Waals surface area contributed by atoms with Gasteiger partial charge in [-0.05, 0) is 17.2 Å². The average Bonchev–Trinajstić information content (AvgIpc) is 2.66. The topological polar surface area (TPSA) is 32.3 Å². The lowest BCUT2D eigenvalue weighted by Gasteiger charge is -2.23. The van der Waals surface area contributed by atoms with Crippen molar-refractivity contribution in [2.24, 2.45) is 0 Å². The number of amides is 1. The summed E-state index contributed by atoms with van der Waals surface area (Å²) in [5.74, 6) is 1.37. The van der Waals surface area contributed by atoms with Crippen molar-refractivity contribution in [1.82, 2.24) is 5.32 Å². The molecule has 2 aliphatic rings. The maximum Gasteiger partial charge on any atom is 0.231 e. The van der Waals surface area contributed by atoms with Gasteiger partial charge in [-0.3, -0.25) is 4.79 Å². The van der Waals surface area contributed by atoms with E-state index in [2.05, 4.69) is 23.5 Å². The molecule has 3 rings (SSSR count). The maximum atomic E-state index is 11.6. The van der Waals surface area contributed by atoms with Gasteiger partial charge in [0.1, 0.15) is 0 Å². The Balaban J connectivity index is 1.89. The highest BCUT2D eigenvalue weighted by atomic mass is 32.2. The molecule has 2 aliphatic heterocycles. The number of benzene rings is 1. The van der Waals surface area contributed by atoms with E-state index in [9.17, 15) is 4.79 Å². The molecule has 90 valence electrons. The minimum Gasteiger partial charge on any atom is -0.315 e. The molecular formula is C13H16N2OS. The lowest BCUT2D eigenvalue weighted by Crippen LogP contribution is -2.28. The summed E-state index contributed by atoms with van der Waals surface area (Å²) in [7, 11) is 1.85.